The number of carbonyl (C=O) groups excluding carboxylic acids is 3. The highest BCUT2D eigenvalue weighted by Gasteiger charge is 2.50. The maximum atomic E-state index is 13.4. The van der Waals surface area contributed by atoms with Crippen LogP contribution in [0.25, 0.3) is 0 Å². The number of hydrogen-bond donors (Lipinski definition) is 1. The normalized spacial score (nSPS) is 21.3. The lowest BCUT2D eigenvalue weighted by atomic mass is 9.91. The lowest BCUT2D eigenvalue weighted by molar-refractivity contribution is -0.130. The Balaban J connectivity index is 1.35. The molecule has 0 bridgehead atoms. The zero-order valence-corrected chi connectivity index (χ0v) is 20.9. The number of imide groups is 1. The van der Waals surface area contributed by atoms with Gasteiger partial charge in [-0.25, -0.2) is 13.2 Å². The Morgan fingerprint density at radius 3 is 2.58 bits per heavy atom. The molecule has 0 aliphatic carbocycles. The van der Waals surface area contributed by atoms with Gasteiger partial charge in [0.15, 0.2) is 17.3 Å². The number of hydrogen-bond acceptors (Lipinski definition) is 7. The quantitative estimate of drug-likeness (QED) is 0.464. The van der Waals surface area contributed by atoms with Crippen molar-refractivity contribution < 1.29 is 32.3 Å². The summed E-state index contributed by atoms with van der Waals surface area (Å²) in [5.74, 6) is 0.102. The summed E-state index contributed by atoms with van der Waals surface area (Å²) in [6.07, 6.45) is 1.23. The van der Waals surface area contributed by atoms with Gasteiger partial charge in [-0.05, 0) is 61.7 Å². The fraction of sp³-hybridized carbons (Fsp3) is 0.400. The van der Waals surface area contributed by atoms with Crippen molar-refractivity contribution in [2.24, 2.45) is 0 Å². The summed E-state index contributed by atoms with van der Waals surface area (Å²) in [5.41, 5.74) is 0.774. The summed E-state index contributed by atoms with van der Waals surface area (Å²) in [7, 11) is -3.40. The molecule has 11 heteroatoms. The summed E-state index contributed by atoms with van der Waals surface area (Å²) < 4.78 is 37.4. The number of Topliss-reactive ketones (excluding diaryl/α,β-unsaturated/α-hetero) is 1. The lowest BCUT2D eigenvalue weighted by Gasteiger charge is -2.23. The zero-order valence-electron chi connectivity index (χ0n) is 20.1. The predicted molar refractivity (Wildman–Crippen MR) is 131 cm³/mol. The molecule has 2 aromatic rings. The van der Waals surface area contributed by atoms with Gasteiger partial charge in [0.25, 0.3) is 5.91 Å². The number of rotatable bonds is 6. The van der Waals surface area contributed by atoms with Crippen LogP contribution in [0.2, 0.25) is 0 Å². The predicted octanol–water partition coefficient (Wildman–Crippen LogP) is 2.21. The third-order valence-corrected chi connectivity index (χ3v) is 8.64. The summed E-state index contributed by atoms with van der Waals surface area (Å²) in [6, 6.07) is 9.21. The number of ether oxygens (including phenoxy) is 2. The minimum atomic E-state index is -3.40. The molecule has 3 heterocycles. The van der Waals surface area contributed by atoms with Crippen LogP contribution in [0.3, 0.4) is 0 Å². The Morgan fingerprint density at radius 1 is 1.08 bits per heavy atom. The van der Waals surface area contributed by atoms with Crippen LogP contribution in [0.15, 0.2) is 36.4 Å². The van der Waals surface area contributed by atoms with E-state index in [0.29, 0.717) is 54.5 Å². The van der Waals surface area contributed by atoms with Gasteiger partial charge in [0.2, 0.25) is 10.0 Å². The molecule has 3 amide bonds. The van der Waals surface area contributed by atoms with Gasteiger partial charge in [-0.15, -0.1) is 0 Å². The Kier molecular flexibility index (Phi) is 5.90. The Morgan fingerprint density at radius 2 is 1.83 bits per heavy atom. The molecule has 1 N–H and O–H groups in total. The van der Waals surface area contributed by atoms with Crippen molar-refractivity contribution >= 4 is 33.4 Å². The van der Waals surface area contributed by atoms with E-state index in [0.717, 1.165) is 16.9 Å². The summed E-state index contributed by atoms with van der Waals surface area (Å²) in [5, 5.41) is 2.71. The van der Waals surface area contributed by atoms with Gasteiger partial charge in [0.1, 0.15) is 5.54 Å². The molecule has 3 aliphatic rings. The number of carbonyl (C=O) groups is 3. The van der Waals surface area contributed by atoms with Crippen LogP contribution in [-0.4, -0.2) is 63.1 Å². The Labute approximate surface area is 209 Å². The third kappa shape index (κ3) is 3.97. The fourth-order valence-electron chi connectivity index (χ4n) is 4.74. The third-order valence-electron chi connectivity index (χ3n) is 6.86. The van der Waals surface area contributed by atoms with E-state index in [1.165, 1.54) is 10.4 Å². The van der Waals surface area contributed by atoms with Gasteiger partial charge in [-0.3, -0.25) is 18.8 Å². The molecule has 1 saturated heterocycles. The number of sulfonamides is 1. The molecule has 1 fully saturated rings. The average Bonchev–Trinajstić information content (AvgIpc) is 3.28. The van der Waals surface area contributed by atoms with Gasteiger partial charge in [-0.2, -0.15) is 0 Å². The minimum Gasteiger partial charge on any atom is -0.490 e. The molecular formula is C25H27N3O7S. The molecule has 0 spiro atoms. The van der Waals surface area contributed by atoms with Crippen LogP contribution in [0.5, 0.6) is 11.5 Å². The van der Waals surface area contributed by atoms with E-state index in [-0.39, 0.29) is 5.75 Å². The number of amides is 3. The van der Waals surface area contributed by atoms with Crippen molar-refractivity contribution in [1.29, 1.82) is 0 Å². The molecule has 5 rings (SSSR count). The second-order valence-electron chi connectivity index (χ2n) is 9.15. The maximum Gasteiger partial charge on any atom is 0.325 e. The number of nitrogens with zero attached hydrogens (tertiary/aromatic N) is 2. The van der Waals surface area contributed by atoms with E-state index in [9.17, 15) is 22.8 Å². The Hall–Kier alpha value is -3.60. The van der Waals surface area contributed by atoms with Gasteiger partial charge < -0.3 is 14.8 Å². The van der Waals surface area contributed by atoms with Crippen molar-refractivity contribution in [3.8, 4) is 11.5 Å². The van der Waals surface area contributed by atoms with Gasteiger partial charge in [-0.1, -0.05) is 6.07 Å². The van der Waals surface area contributed by atoms with E-state index in [1.54, 1.807) is 44.2 Å². The van der Waals surface area contributed by atoms with Gasteiger partial charge >= 0.3 is 6.03 Å². The van der Waals surface area contributed by atoms with Gasteiger partial charge in [0, 0.05) is 18.5 Å². The van der Waals surface area contributed by atoms with Crippen LogP contribution in [0.1, 0.15) is 41.8 Å². The van der Waals surface area contributed by atoms with Crippen molar-refractivity contribution in [2.75, 3.05) is 36.4 Å². The van der Waals surface area contributed by atoms with Crippen LogP contribution < -0.4 is 19.1 Å². The smallest absolute Gasteiger partial charge is 0.325 e. The number of nitrogens with one attached hydrogen (secondary N) is 1. The highest BCUT2D eigenvalue weighted by atomic mass is 32.2. The van der Waals surface area contributed by atoms with E-state index in [2.05, 4.69) is 5.32 Å². The second-order valence-corrected chi connectivity index (χ2v) is 11.3. The monoisotopic (exact) mass is 513 g/mol. The molecule has 0 unspecified atom stereocenters. The zero-order chi connectivity index (χ0) is 25.7. The van der Waals surface area contributed by atoms with Crippen molar-refractivity contribution in [3.63, 3.8) is 0 Å². The summed E-state index contributed by atoms with van der Waals surface area (Å²) in [6.45, 7) is 4.09. The van der Waals surface area contributed by atoms with E-state index < -0.39 is 39.8 Å². The first-order valence-electron chi connectivity index (χ1n) is 11.8. The van der Waals surface area contributed by atoms with Crippen molar-refractivity contribution in [3.05, 3.63) is 53.1 Å². The summed E-state index contributed by atoms with van der Waals surface area (Å²) in [4.78, 5) is 40.1. The molecular weight excluding hydrogens is 486 g/mol. The van der Waals surface area contributed by atoms with Crippen LogP contribution in [0.4, 0.5) is 10.5 Å². The number of anilines is 1. The maximum absolute atomic E-state index is 13.4. The Bertz CT molecular complexity index is 1370. The van der Waals surface area contributed by atoms with E-state index in [1.807, 2.05) is 0 Å². The number of urea groups is 1. The van der Waals surface area contributed by atoms with Gasteiger partial charge in [0.05, 0.1) is 31.2 Å². The second kappa shape index (κ2) is 8.81. The standard InChI is InChI=1S/C25H27N3O7S/c1-3-36(32,33)28-10-9-16-13-17(5-7-19(16)28)20(29)15-27-23(30)25(2,26-24(27)31)18-6-8-21-22(14-18)35-12-4-11-34-21/h5-8,13-14H,3-4,9-12,15H2,1-2H3,(H,26,31)/t25-/m1/s1. The topological polar surface area (TPSA) is 122 Å². The fourth-order valence-corrected chi connectivity index (χ4v) is 5.89. The van der Waals surface area contributed by atoms with Crippen molar-refractivity contribution in [2.45, 2.75) is 32.2 Å². The molecule has 10 nitrogen and oxygen atoms in total. The van der Waals surface area contributed by atoms with E-state index >= 15 is 0 Å². The first-order valence-corrected chi connectivity index (χ1v) is 13.5. The first kappa shape index (κ1) is 24.1. The minimum absolute atomic E-state index is 0.0125. The largest absolute Gasteiger partial charge is 0.490 e. The molecule has 3 aliphatic heterocycles. The lowest BCUT2D eigenvalue weighted by Crippen LogP contribution is -2.41. The van der Waals surface area contributed by atoms with Crippen LogP contribution in [-0.2, 0) is 26.8 Å². The first-order chi connectivity index (χ1) is 17.1. The molecule has 0 aromatic heterocycles. The molecule has 1 atom stereocenters. The SMILES string of the molecule is CCS(=O)(=O)N1CCc2cc(C(=O)CN3C(=O)N[C@](C)(c4ccc5c(c4)OCCCO5)C3=O)ccc21. The average molecular weight is 514 g/mol. The molecule has 2 aromatic carbocycles. The highest BCUT2D eigenvalue weighted by molar-refractivity contribution is 7.92. The van der Waals surface area contributed by atoms with Crippen LogP contribution in [0, 0.1) is 0 Å². The molecule has 0 radical (unpaired) electrons. The van der Waals surface area contributed by atoms with Crippen LogP contribution >= 0.6 is 0 Å². The molecule has 0 saturated carbocycles. The summed E-state index contributed by atoms with van der Waals surface area (Å²) >= 11 is 0. The van der Waals surface area contributed by atoms with Crippen molar-refractivity contribution in [1.82, 2.24) is 10.2 Å². The molecule has 190 valence electrons. The van der Waals surface area contributed by atoms with E-state index in [4.69, 9.17) is 9.47 Å². The number of ketones is 1. The number of benzene rings is 2. The number of fused-ring (bicyclic) bond motifs is 2. The molecule has 36 heavy (non-hydrogen) atoms. The highest BCUT2D eigenvalue weighted by Crippen LogP contribution is 2.37.